The Balaban J connectivity index is 2.40. The maximum atomic E-state index is 13.3. The van der Waals surface area contributed by atoms with Crippen molar-refractivity contribution in [3.8, 4) is 0 Å². The highest BCUT2D eigenvalue weighted by atomic mass is 19.2. The molecule has 0 aliphatic carbocycles. The predicted octanol–water partition coefficient (Wildman–Crippen LogP) is 0.475. The molecule has 110 valence electrons. The van der Waals surface area contributed by atoms with Gasteiger partial charge in [0.1, 0.15) is 0 Å². The van der Waals surface area contributed by atoms with Gasteiger partial charge in [0.05, 0.1) is 17.5 Å². The third-order valence-corrected chi connectivity index (χ3v) is 3.31. The Labute approximate surface area is 119 Å². The van der Waals surface area contributed by atoms with Crippen molar-refractivity contribution in [3.63, 3.8) is 0 Å². The first-order valence-corrected chi connectivity index (χ1v) is 6.10. The zero-order chi connectivity index (χ0) is 15.6. The lowest BCUT2D eigenvalue weighted by molar-refractivity contribution is -0.124. The number of rotatable bonds is 4. The van der Waals surface area contributed by atoms with Crippen molar-refractivity contribution in [2.75, 3.05) is 6.54 Å². The molecule has 7 heteroatoms. The normalized spacial score (nSPS) is 21.0. The molecule has 1 atom stereocenters. The van der Waals surface area contributed by atoms with Crippen LogP contribution in [-0.2, 0) is 16.0 Å². The Morgan fingerprint density at radius 1 is 1.24 bits per heavy atom. The third-order valence-electron chi connectivity index (χ3n) is 3.31. The maximum absolute atomic E-state index is 13.3. The standard InChI is InChI=1S/C14H13F2N3O2/c15-10-2-1-8(3-11(10)16)4-14(13(18)21)5-9(12(17)20)6-19-7-14/h1-3,5-6H,4,7H2,(H2,17,20)(H2,18,21). The Hall–Kier alpha value is -2.57. The van der Waals surface area contributed by atoms with Crippen molar-refractivity contribution in [1.82, 2.24) is 0 Å². The quantitative estimate of drug-likeness (QED) is 0.843. The van der Waals surface area contributed by atoms with Gasteiger partial charge in [-0.25, -0.2) is 8.78 Å². The SMILES string of the molecule is NC(=O)C1=CC(Cc2ccc(F)c(F)c2)(C(N)=O)CN=C1. The minimum absolute atomic E-state index is 0.00630. The molecule has 2 rings (SSSR count). The van der Waals surface area contributed by atoms with E-state index in [1.54, 1.807) is 0 Å². The fourth-order valence-electron chi connectivity index (χ4n) is 2.18. The van der Waals surface area contributed by atoms with Crippen molar-refractivity contribution in [2.24, 2.45) is 21.9 Å². The van der Waals surface area contributed by atoms with Crippen LogP contribution in [-0.4, -0.2) is 24.6 Å². The molecule has 1 aromatic rings. The van der Waals surface area contributed by atoms with Crippen LogP contribution in [0.1, 0.15) is 5.56 Å². The molecule has 0 spiro atoms. The van der Waals surface area contributed by atoms with Crippen LogP contribution in [0.5, 0.6) is 0 Å². The van der Waals surface area contributed by atoms with Gasteiger partial charge in [-0.05, 0) is 24.1 Å². The zero-order valence-electron chi connectivity index (χ0n) is 11.0. The first kappa shape index (κ1) is 14.8. The predicted molar refractivity (Wildman–Crippen MR) is 72.3 cm³/mol. The smallest absolute Gasteiger partial charge is 0.249 e. The fraction of sp³-hybridized carbons (Fsp3) is 0.214. The molecule has 0 saturated heterocycles. The molecule has 1 unspecified atom stereocenters. The number of primary amides is 2. The second-order valence-corrected chi connectivity index (χ2v) is 4.88. The molecule has 0 fully saturated rings. The molecule has 0 saturated carbocycles. The molecule has 4 N–H and O–H groups in total. The number of benzene rings is 1. The molecule has 0 bridgehead atoms. The van der Waals surface area contributed by atoms with Crippen molar-refractivity contribution in [3.05, 3.63) is 47.0 Å². The fourth-order valence-corrected chi connectivity index (χ4v) is 2.18. The Bertz CT molecular complexity index is 670. The summed E-state index contributed by atoms with van der Waals surface area (Å²) < 4.78 is 26.2. The third kappa shape index (κ3) is 2.96. The molecular weight excluding hydrogens is 280 g/mol. The summed E-state index contributed by atoms with van der Waals surface area (Å²) in [6, 6.07) is 3.29. The number of nitrogens with zero attached hydrogens (tertiary/aromatic N) is 1. The minimum atomic E-state index is -1.29. The molecule has 1 aromatic carbocycles. The van der Waals surface area contributed by atoms with Crippen LogP contribution in [0.2, 0.25) is 0 Å². The summed E-state index contributed by atoms with van der Waals surface area (Å²) in [6.45, 7) is 0.0120. The highest BCUT2D eigenvalue weighted by Crippen LogP contribution is 2.29. The summed E-state index contributed by atoms with van der Waals surface area (Å²) in [6.07, 6.45) is 2.59. The van der Waals surface area contributed by atoms with Crippen LogP contribution in [0.15, 0.2) is 34.8 Å². The van der Waals surface area contributed by atoms with Gasteiger partial charge in [-0.15, -0.1) is 0 Å². The highest BCUT2D eigenvalue weighted by molar-refractivity contribution is 6.12. The van der Waals surface area contributed by atoms with E-state index in [0.717, 1.165) is 12.1 Å². The van der Waals surface area contributed by atoms with Gasteiger partial charge in [-0.1, -0.05) is 12.1 Å². The molecular formula is C14H13F2N3O2. The van der Waals surface area contributed by atoms with Crippen molar-refractivity contribution < 1.29 is 18.4 Å². The van der Waals surface area contributed by atoms with Gasteiger partial charge in [-0.2, -0.15) is 0 Å². The van der Waals surface area contributed by atoms with E-state index >= 15 is 0 Å². The summed E-state index contributed by atoms with van der Waals surface area (Å²) in [7, 11) is 0. The second kappa shape index (κ2) is 5.43. The average molecular weight is 293 g/mol. The number of amides is 2. The average Bonchev–Trinajstić information content (AvgIpc) is 2.43. The molecule has 1 heterocycles. The van der Waals surface area contributed by atoms with Crippen LogP contribution < -0.4 is 11.5 Å². The summed E-state index contributed by atoms with van der Waals surface area (Å²) in [5, 5.41) is 0. The lowest BCUT2D eigenvalue weighted by Crippen LogP contribution is -2.42. The van der Waals surface area contributed by atoms with Crippen LogP contribution >= 0.6 is 0 Å². The number of carbonyl (C=O) groups excluding carboxylic acids is 2. The first-order chi connectivity index (χ1) is 9.84. The maximum Gasteiger partial charge on any atom is 0.249 e. The van der Waals surface area contributed by atoms with Gasteiger partial charge < -0.3 is 11.5 Å². The van der Waals surface area contributed by atoms with E-state index < -0.39 is 28.9 Å². The zero-order valence-corrected chi connectivity index (χ0v) is 11.0. The Morgan fingerprint density at radius 2 is 1.95 bits per heavy atom. The second-order valence-electron chi connectivity index (χ2n) is 4.88. The number of aliphatic imine (C=N–C) groups is 1. The van der Waals surface area contributed by atoms with Crippen LogP contribution in [0.25, 0.3) is 0 Å². The number of dihydropyridines is 1. The Morgan fingerprint density at radius 3 is 2.52 bits per heavy atom. The van der Waals surface area contributed by atoms with E-state index in [9.17, 15) is 18.4 Å². The highest BCUT2D eigenvalue weighted by Gasteiger charge is 2.37. The van der Waals surface area contributed by atoms with Crippen LogP contribution in [0.4, 0.5) is 8.78 Å². The van der Waals surface area contributed by atoms with E-state index in [4.69, 9.17) is 11.5 Å². The molecule has 0 radical (unpaired) electrons. The molecule has 0 aromatic heterocycles. The first-order valence-electron chi connectivity index (χ1n) is 6.10. The van der Waals surface area contributed by atoms with Gasteiger partial charge in [0.15, 0.2) is 11.6 Å². The van der Waals surface area contributed by atoms with Gasteiger partial charge in [-0.3, -0.25) is 14.6 Å². The molecule has 1 aliphatic rings. The van der Waals surface area contributed by atoms with Gasteiger partial charge in [0.2, 0.25) is 11.8 Å². The lowest BCUT2D eigenvalue weighted by atomic mass is 9.78. The van der Waals surface area contributed by atoms with Crippen molar-refractivity contribution in [2.45, 2.75) is 6.42 Å². The summed E-state index contributed by atoms with van der Waals surface area (Å²) in [4.78, 5) is 26.9. The number of hydrogen-bond donors (Lipinski definition) is 2. The largest absolute Gasteiger partial charge is 0.369 e. The van der Waals surface area contributed by atoms with E-state index in [1.807, 2.05) is 0 Å². The number of hydrogen-bond acceptors (Lipinski definition) is 3. The van der Waals surface area contributed by atoms with Crippen LogP contribution in [0.3, 0.4) is 0 Å². The van der Waals surface area contributed by atoms with E-state index in [-0.39, 0.29) is 18.5 Å². The number of carbonyl (C=O) groups is 2. The molecule has 21 heavy (non-hydrogen) atoms. The number of halogens is 2. The van der Waals surface area contributed by atoms with Gasteiger partial charge >= 0.3 is 0 Å². The van der Waals surface area contributed by atoms with Gasteiger partial charge in [0, 0.05) is 6.21 Å². The number of nitrogens with two attached hydrogens (primary N) is 2. The summed E-state index contributed by atoms with van der Waals surface area (Å²) in [5.41, 5.74) is 9.70. The van der Waals surface area contributed by atoms with E-state index in [0.29, 0.717) is 5.56 Å². The Kier molecular flexibility index (Phi) is 3.84. The molecule has 2 amide bonds. The molecule has 5 nitrogen and oxygen atoms in total. The van der Waals surface area contributed by atoms with Crippen molar-refractivity contribution in [1.29, 1.82) is 0 Å². The monoisotopic (exact) mass is 293 g/mol. The van der Waals surface area contributed by atoms with E-state index in [1.165, 1.54) is 18.4 Å². The lowest BCUT2D eigenvalue weighted by Gasteiger charge is -2.28. The summed E-state index contributed by atoms with van der Waals surface area (Å²) >= 11 is 0. The van der Waals surface area contributed by atoms with Crippen LogP contribution in [0, 0.1) is 17.0 Å². The van der Waals surface area contributed by atoms with E-state index in [2.05, 4.69) is 4.99 Å². The van der Waals surface area contributed by atoms with Gasteiger partial charge in [0.25, 0.3) is 0 Å². The summed E-state index contributed by atoms with van der Waals surface area (Å²) in [5.74, 6) is -3.47. The van der Waals surface area contributed by atoms with Crippen molar-refractivity contribution >= 4 is 18.0 Å². The molecule has 1 aliphatic heterocycles. The minimum Gasteiger partial charge on any atom is -0.369 e. The topological polar surface area (TPSA) is 98.5 Å².